The van der Waals surface area contributed by atoms with Crippen LogP contribution in [0, 0.1) is 37.5 Å². The Balaban J connectivity index is 1.62. The van der Waals surface area contributed by atoms with Crippen molar-refractivity contribution in [3.63, 3.8) is 0 Å². The number of halogens is 4. The van der Waals surface area contributed by atoms with E-state index >= 15 is 0 Å². The molecule has 4 bridgehead atoms. The molecule has 154 valence electrons. The zero-order valence-electron chi connectivity index (χ0n) is 15.9. The fourth-order valence-corrected chi connectivity index (χ4v) is 6.69. The first kappa shape index (κ1) is 19.2. The molecule has 0 aromatic heterocycles. The number of aryl methyl sites for hydroxylation is 2. The molecule has 1 aromatic rings. The van der Waals surface area contributed by atoms with Crippen LogP contribution in [0.25, 0.3) is 0 Å². The van der Waals surface area contributed by atoms with Crippen molar-refractivity contribution in [3.8, 4) is 0 Å². The fourth-order valence-electron chi connectivity index (χ4n) is 6.58. The number of rotatable bonds is 3. The van der Waals surface area contributed by atoms with Crippen LogP contribution in [-0.2, 0) is 20.3 Å². The van der Waals surface area contributed by atoms with Gasteiger partial charge in [-0.15, -0.1) is 0 Å². The fraction of sp³-hybridized carbons (Fsp3) is 0.714. The zero-order chi connectivity index (χ0) is 19.9. The van der Waals surface area contributed by atoms with E-state index in [-0.39, 0.29) is 11.8 Å². The minimum atomic E-state index is -4.45. The molecule has 3 nitrogen and oxygen atoms in total. The first-order valence-corrected chi connectivity index (χ1v) is 10.4. The Labute approximate surface area is 167 Å². The van der Waals surface area contributed by atoms with Gasteiger partial charge in [0.05, 0.1) is 0 Å². The molecule has 1 heterocycles. The second kappa shape index (κ2) is 6.10. The molecule has 0 amide bonds. The number of ether oxygens (including phenoxy) is 1. The highest BCUT2D eigenvalue weighted by molar-refractivity contribution is 6.32. The normalized spacial score (nSPS) is 41.5. The van der Waals surface area contributed by atoms with E-state index in [1.807, 2.05) is 13.8 Å². The monoisotopic (exact) mass is 416 g/mol. The van der Waals surface area contributed by atoms with E-state index in [1.165, 1.54) is 6.42 Å². The van der Waals surface area contributed by atoms with E-state index in [0.29, 0.717) is 22.4 Å². The Hall–Kier alpha value is -0.820. The summed E-state index contributed by atoms with van der Waals surface area (Å²) < 4.78 is 45.1. The summed E-state index contributed by atoms with van der Waals surface area (Å²) in [6.07, 6.45) is 0.672. The highest BCUT2D eigenvalue weighted by atomic mass is 35.5. The summed E-state index contributed by atoms with van der Waals surface area (Å²) in [6.45, 7) is 2.32. The third kappa shape index (κ3) is 2.54. The Bertz CT molecular complexity index is 758. The van der Waals surface area contributed by atoms with Crippen molar-refractivity contribution in [1.29, 1.82) is 0 Å². The smallest absolute Gasteiger partial charge is 0.332 e. The van der Waals surface area contributed by atoms with Crippen LogP contribution in [0.15, 0.2) is 12.1 Å². The molecule has 1 unspecified atom stereocenters. The minimum absolute atomic E-state index is 0.155. The molecule has 1 atom stereocenters. The number of hydrogen-bond donors (Lipinski definition) is 0. The van der Waals surface area contributed by atoms with Crippen LogP contribution in [0.4, 0.5) is 13.2 Å². The number of hydrogen-bond acceptors (Lipinski definition) is 3. The van der Waals surface area contributed by atoms with Crippen LogP contribution >= 0.6 is 11.6 Å². The van der Waals surface area contributed by atoms with Crippen molar-refractivity contribution in [2.24, 2.45) is 23.7 Å². The molecule has 0 radical (unpaired) electrons. The van der Waals surface area contributed by atoms with E-state index in [4.69, 9.17) is 26.1 Å². The van der Waals surface area contributed by atoms with Crippen LogP contribution in [-0.4, -0.2) is 18.4 Å². The van der Waals surface area contributed by atoms with E-state index in [9.17, 15) is 13.2 Å². The topological polar surface area (TPSA) is 27.7 Å². The first-order chi connectivity index (χ1) is 13.1. The lowest BCUT2D eigenvalue weighted by molar-refractivity contribution is -0.650. The van der Waals surface area contributed by atoms with Gasteiger partial charge in [-0.25, -0.2) is 4.89 Å². The Kier molecular flexibility index (Phi) is 4.17. The second-order valence-electron chi connectivity index (χ2n) is 9.21. The van der Waals surface area contributed by atoms with Crippen molar-refractivity contribution >= 4 is 11.6 Å². The molecule has 1 aliphatic heterocycles. The Morgan fingerprint density at radius 2 is 1.54 bits per heavy atom. The van der Waals surface area contributed by atoms with Gasteiger partial charge in [-0.2, -0.15) is 18.1 Å². The minimum Gasteiger partial charge on any atom is -0.332 e. The van der Waals surface area contributed by atoms with E-state index in [1.54, 1.807) is 12.1 Å². The third-order valence-electron chi connectivity index (χ3n) is 7.42. The molecule has 0 N–H and O–H groups in total. The summed E-state index contributed by atoms with van der Waals surface area (Å²) in [5, 5.41) is 0.606. The predicted octanol–water partition coefficient (Wildman–Crippen LogP) is 5.85. The summed E-state index contributed by atoms with van der Waals surface area (Å²) in [5.41, 5.74) is 1.32. The summed E-state index contributed by atoms with van der Waals surface area (Å²) in [5.74, 6) is 0.0623. The average molecular weight is 417 g/mol. The molecular formula is C21H24ClF3O3. The summed E-state index contributed by atoms with van der Waals surface area (Å²) >= 11 is 6.32. The van der Waals surface area contributed by atoms with E-state index < -0.39 is 24.2 Å². The largest absolute Gasteiger partial charge is 0.411 e. The van der Waals surface area contributed by atoms with Gasteiger partial charge in [0.2, 0.25) is 0 Å². The molecule has 4 saturated carbocycles. The van der Waals surface area contributed by atoms with Gasteiger partial charge in [0.1, 0.15) is 6.61 Å². The predicted molar refractivity (Wildman–Crippen MR) is 96.6 cm³/mol. The molecule has 6 rings (SSSR count). The second-order valence-corrected chi connectivity index (χ2v) is 9.59. The average Bonchev–Trinajstić information content (AvgIpc) is 2.57. The molecule has 5 aliphatic rings. The van der Waals surface area contributed by atoms with Gasteiger partial charge < -0.3 is 4.74 Å². The van der Waals surface area contributed by atoms with Crippen LogP contribution in [0.2, 0.25) is 5.02 Å². The molecule has 28 heavy (non-hydrogen) atoms. The van der Waals surface area contributed by atoms with Crippen LogP contribution in [0.5, 0.6) is 0 Å². The number of alkyl halides is 3. The maximum atomic E-state index is 13.2. The summed E-state index contributed by atoms with van der Waals surface area (Å²) in [4.78, 5) is 11.4. The van der Waals surface area contributed by atoms with Gasteiger partial charge in [-0.3, -0.25) is 0 Å². The van der Waals surface area contributed by atoms with E-state index in [2.05, 4.69) is 0 Å². The molecular weight excluding hydrogens is 393 g/mol. The summed E-state index contributed by atoms with van der Waals surface area (Å²) in [6, 6.07) is 3.59. The SMILES string of the molecule is Cc1cc(C2(OCC(F)(F)F)OOC23C2CC4CC(C2)CC3C4)cc(C)c1Cl. The first-order valence-electron chi connectivity index (χ1n) is 9.99. The van der Waals surface area contributed by atoms with Gasteiger partial charge in [0, 0.05) is 10.6 Å². The van der Waals surface area contributed by atoms with Gasteiger partial charge in [0.15, 0.2) is 5.60 Å². The van der Waals surface area contributed by atoms with Crippen molar-refractivity contribution in [2.45, 2.75) is 63.5 Å². The van der Waals surface area contributed by atoms with Crippen LogP contribution in [0.1, 0.15) is 48.8 Å². The molecule has 1 saturated heterocycles. The highest BCUT2D eigenvalue weighted by Gasteiger charge is 2.77. The van der Waals surface area contributed by atoms with Crippen molar-refractivity contribution < 1.29 is 27.7 Å². The van der Waals surface area contributed by atoms with Crippen LogP contribution < -0.4 is 0 Å². The molecule has 1 aromatic carbocycles. The lowest BCUT2D eigenvalue weighted by Crippen LogP contribution is -2.77. The zero-order valence-corrected chi connectivity index (χ0v) is 16.7. The standard InChI is InChI=1S/C21H24ClF3O3/c1-11-3-17(4-12(2)18(11)22)21(26-10-19(23,24)25)20(27-28-21)15-6-13-5-14(8-15)9-16(20)7-13/h3-4,13-16H,5-10H2,1-2H3. The maximum Gasteiger partial charge on any atom is 0.411 e. The van der Waals surface area contributed by atoms with Gasteiger partial charge in [0.25, 0.3) is 5.79 Å². The van der Waals surface area contributed by atoms with Crippen molar-refractivity contribution in [1.82, 2.24) is 0 Å². The van der Waals surface area contributed by atoms with Gasteiger partial charge in [-0.05, 0) is 92.9 Å². The highest BCUT2D eigenvalue weighted by Crippen LogP contribution is 2.69. The molecule has 4 aliphatic carbocycles. The maximum absolute atomic E-state index is 13.2. The number of benzene rings is 1. The van der Waals surface area contributed by atoms with Gasteiger partial charge >= 0.3 is 6.18 Å². The lowest BCUT2D eigenvalue weighted by atomic mass is 9.47. The van der Waals surface area contributed by atoms with Gasteiger partial charge in [-0.1, -0.05) is 11.6 Å². The summed E-state index contributed by atoms with van der Waals surface area (Å²) in [7, 11) is 0. The Morgan fingerprint density at radius 1 is 1.00 bits per heavy atom. The van der Waals surface area contributed by atoms with Crippen molar-refractivity contribution in [2.75, 3.05) is 6.61 Å². The third-order valence-corrected chi connectivity index (χ3v) is 8.01. The molecule has 1 spiro atoms. The Morgan fingerprint density at radius 3 is 1.96 bits per heavy atom. The lowest BCUT2D eigenvalue weighted by Gasteiger charge is -2.69. The molecule has 7 heteroatoms. The molecule has 5 fully saturated rings. The van der Waals surface area contributed by atoms with Crippen molar-refractivity contribution in [3.05, 3.63) is 33.8 Å². The quantitative estimate of drug-likeness (QED) is 0.579. The van der Waals surface area contributed by atoms with E-state index in [0.717, 1.165) is 36.8 Å². The van der Waals surface area contributed by atoms with Crippen LogP contribution in [0.3, 0.4) is 0 Å².